The Morgan fingerprint density at radius 3 is 2.39 bits per heavy atom. The zero-order valence-electron chi connectivity index (χ0n) is 16.5. The molecule has 0 heterocycles. The maximum atomic E-state index is 11.2. The third-order valence-corrected chi connectivity index (χ3v) is 7.01. The lowest BCUT2D eigenvalue weighted by atomic mass is 9.69. The summed E-state index contributed by atoms with van der Waals surface area (Å²) in [5, 5.41) is 22.8. The van der Waals surface area contributed by atoms with E-state index in [1.54, 1.807) is 0 Å². The number of rotatable bonds is 8. The van der Waals surface area contributed by atoms with Gasteiger partial charge < -0.3 is 10.4 Å². The van der Waals surface area contributed by atoms with Gasteiger partial charge in [-0.25, -0.2) is 0 Å². The fourth-order valence-corrected chi connectivity index (χ4v) is 5.00. The molecule has 0 amide bonds. The Morgan fingerprint density at radius 2 is 1.82 bits per heavy atom. The third-order valence-electron chi connectivity index (χ3n) is 7.01. The van der Waals surface area contributed by atoms with E-state index in [1.165, 1.54) is 12.8 Å². The third kappa shape index (κ3) is 4.39. The van der Waals surface area contributed by atoms with Crippen LogP contribution in [0.4, 0.5) is 0 Å². The lowest BCUT2D eigenvalue weighted by molar-refractivity contribution is -0.139. The fourth-order valence-electron chi connectivity index (χ4n) is 5.00. The second kappa shape index (κ2) is 8.23. The lowest BCUT2D eigenvalue weighted by Crippen LogP contribution is -2.56. The van der Waals surface area contributed by atoms with Gasteiger partial charge in [-0.3, -0.25) is 9.69 Å². The van der Waals surface area contributed by atoms with Gasteiger partial charge in [-0.15, -0.1) is 0 Å². The average molecular weight is 382 g/mol. The number of hydrogen-bond donors (Lipinski definition) is 2. The van der Waals surface area contributed by atoms with E-state index in [0.29, 0.717) is 18.1 Å². The van der Waals surface area contributed by atoms with Crippen LogP contribution in [0.5, 0.6) is 0 Å². The number of carbonyl (C=O) groups is 1. The van der Waals surface area contributed by atoms with Gasteiger partial charge in [0.15, 0.2) is 0 Å². The van der Waals surface area contributed by atoms with Gasteiger partial charge in [-0.05, 0) is 62.8 Å². The van der Waals surface area contributed by atoms with Crippen molar-refractivity contribution in [3.8, 4) is 6.07 Å². The molecule has 28 heavy (non-hydrogen) atoms. The van der Waals surface area contributed by atoms with Crippen LogP contribution in [-0.4, -0.2) is 47.2 Å². The fraction of sp³-hybridized carbons (Fsp3) is 0.652. The Kier molecular flexibility index (Phi) is 5.70. The van der Waals surface area contributed by atoms with Crippen LogP contribution in [0.2, 0.25) is 0 Å². The normalized spacial score (nSPS) is 32.5. The first kappa shape index (κ1) is 19.4. The van der Waals surface area contributed by atoms with Crippen molar-refractivity contribution in [3.05, 3.63) is 35.9 Å². The van der Waals surface area contributed by atoms with Gasteiger partial charge in [0, 0.05) is 24.7 Å². The molecule has 0 atom stereocenters. The molecule has 3 aliphatic rings. The molecular weight excluding hydrogens is 350 g/mol. The summed E-state index contributed by atoms with van der Waals surface area (Å²) in [6, 6.07) is 14.2. The zero-order chi connectivity index (χ0) is 19.6. The van der Waals surface area contributed by atoms with Gasteiger partial charge in [0.1, 0.15) is 0 Å². The van der Waals surface area contributed by atoms with Crippen molar-refractivity contribution in [2.24, 2.45) is 5.92 Å². The maximum Gasteiger partial charge on any atom is 0.317 e. The van der Waals surface area contributed by atoms with Gasteiger partial charge >= 0.3 is 5.97 Å². The summed E-state index contributed by atoms with van der Waals surface area (Å²) in [4.78, 5) is 13.4. The van der Waals surface area contributed by atoms with Gasteiger partial charge in [-0.1, -0.05) is 30.3 Å². The summed E-state index contributed by atoms with van der Waals surface area (Å²) in [6.45, 7) is 1.13. The Labute approximate surface area is 167 Å². The minimum atomic E-state index is -0.710. The molecule has 5 nitrogen and oxygen atoms in total. The first-order chi connectivity index (χ1) is 13.6. The zero-order valence-corrected chi connectivity index (χ0v) is 16.5. The van der Waals surface area contributed by atoms with Crippen LogP contribution in [0.1, 0.15) is 56.9 Å². The van der Waals surface area contributed by atoms with Crippen LogP contribution in [-0.2, 0) is 10.2 Å². The average Bonchev–Trinajstić information content (AvgIpc) is 3.49. The van der Waals surface area contributed by atoms with E-state index in [1.807, 2.05) is 18.2 Å². The van der Waals surface area contributed by atoms with Crippen LogP contribution >= 0.6 is 0 Å². The standard InChI is InChI=1S/C23H31N3O2/c24-16-23(18-4-2-1-3-5-18)10-8-19(9-11-23)25-20-12-21(13-20)26(15-22(27)28)14-17-6-7-17/h1-5,17,19-21,25H,6-15H2,(H,27,28). The van der Waals surface area contributed by atoms with E-state index in [-0.39, 0.29) is 12.0 Å². The molecule has 0 aromatic heterocycles. The first-order valence-electron chi connectivity index (χ1n) is 10.8. The van der Waals surface area contributed by atoms with E-state index in [0.717, 1.165) is 56.6 Å². The van der Waals surface area contributed by atoms with Gasteiger partial charge in [0.2, 0.25) is 0 Å². The number of hydrogen-bond acceptors (Lipinski definition) is 4. The van der Waals surface area contributed by atoms with Gasteiger partial charge in [0.25, 0.3) is 0 Å². The maximum absolute atomic E-state index is 11.2. The molecule has 0 bridgehead atoms. The monoisotopic (exact) mass is 381 g/mol. The van der Waals surface area contributed by atoms with E-state index >= 15 is 0 Å². The number of nitrogens with zero attached hydrogens (tertiary/aromatic N) is 2. The Balaban J connectivity index is 1.25. The summed E-state index contributed by atoms with van der Waals surface area (Å²) < 4.78 is 0. The molecule has 0 spiro atoms. The van der Waals surface area contributed by atoms with E-state index in [2.05, 4.69) is 28.4 Å². The molecule has 0 radical (unpaired) electrons. The Hall–Kier alpha value is -1.90. The van der Waals surface area contributed by atoms with Gasteiger partial charge in [-0.2, -0.15) is 5.26 Å². The molecule has 3 fully saturated rings. The molecule has 0 unspecified atom stereocenters. The quantitative estimate of drug-likeness (QED) is 0.722. The summed E-state index contributed by atoms with van der Waals surface area (Å²) in [7, 11) is 0. The van der Waals surface area contributed by atoms with Gasteiger partial charge in [0.05, 0.1) is 18.0 Å². The van der Waals surface area contributed by atoms with Crippen molar-refractivity contribution in [1.82, 2.24) is 10.2 Å². The molecular formula is C23H31N3O2. The van der Waals surface area contributed by atoms with Crippen LogP contribution in [0.25, 0.3) is 0 Å². The molecule has 1 aromatic rings. The van der Waals surface area contributed by atoms with Crippen LogP contribution in [0, 0.1) is 17.2 Å². The number of nitriles is 1. The van der Waals surface area contributed by atoms with Crippen molar-refractivity contribution in [3.63, 3.8) is 0 Å². The Bertz CT molecular complexity index is 711. The highest BCUT2D eigenvalue weighted by atomic mass is 16.4. The SMILES string of the molecule is N#CC1(c2ccccc2)CCC(NC2CC(N(CC(=O)O)CC3CC3)C2)CC1. The van der Waals surface area contributed by atoms with Crippen LogP contribution < -0.4 is 5.32 Å². The number of carboxylic acids is 1. The summed E-state index contributed by atoms with van der Waals surface area (Å²) in [6.07, 6.45) is 8.51. The highest BCUT2D eigenvalue weighted by Crippen LogP contribution is 2.40. The van der Waals surface area contributed by atoms with Crippen molar-refractivity contribution in [2.45, 2.75) is 74.9 Å². The smallest absolute Gasteiger partial charge is 0.317 e. The molecule has 0 saturated heterocycles. The second-order valence-corrected chi connectivity index (χ2v) is 9.09. The Morgan fingerprint density at radius 1 is 1.14 bits per heavy atom. The predicted octanol–water partition coefficient (Wildman–Crippen LogP) is 3.31. The summed E-state index contributed by atoms with van der Waals surface area (Å²) in [5.74, 6) is 0.0138. The minimum Gasteiger partial charge on any atom is -0.480 e. The highest BCUT2D eigenvalue weighted by Gasteiger charge is 2.41. The van der Waals surface area contributed by atoms with Crippen LogP contribution in [0.15, 0.2) is 30.3 Å². The van der Waals surface area contributed by atoms with Crippen molar-refractivity contribution < 1.29 is 9.90 Å². The molecule has 3 aliphatic carbocycles. The number of carboxylic acid groups (broad SMARTS) is 1. The lowest BCUT2D eigenvalue weighted by Gasteiger charge is -2.45. The van der Waals surface area contributed by atoms with E-state index in [9.17, 15) is 15.2 Å². The largest absolute Gasteiger partial charge is 0.480 e. The highest BCUT2D eigenvalue weighted by molar-refractivity contribution is 5.69. The molecule has 150 valence electrons. The van der Waals surface area contributed by atoms with Crippen LogP contribution in [0.3, 0.4) is 0 Å². The second-order valence-electron chi connectivity index (χ2n) is 9.09. The molecule has 4 rings (SSSR count). The summed E-state index contributed by atoms with van der Waals surface area (Å²) >= 11 is 0. The number of nitrogens with one attached hydrogen (secondary N) is 1. The van der Waals surface area contributed by atoms with Crippen molar-refractivity contribution in [1.29, 1.82) is 5.26 Å². The molecule has 1 aromatic carbocycles. The number of aliphatic carboxylic acids is 1. The minimum absolute atomic E-state index is 0.180. The van der Waals surface area contributed by atoms with E-state index < -0.39 is 5.97 Å². The van der Waals surface area contributed by atoms with Crippen molar-refractivity contribution in [2.75, 3.05) is 13.1 Å². The van der Waals surface area contributed by atoms with Crippen molar-refractivity contribution >= 4 is 5.97 Å². The van der Waals surface area contributed by atoms with E-state index in [4.69, 9.17) is 0 Å². The molecule has 3 saturated carbocycles. The predicted molar refractivity (Wildman–Crippen MR) is 108 cm³/mol. The molecule has 2 N–H and O–H groups in total. The topological polar surface area (TPSA) is 76.4 Å². The molecule has 5 heteroatoms. The number of benzene rings is 1. The molecule has 0 aliphatic heterocycles. The summed E-state index contributed by atoms with van der Waals surface area (Å²) in [5.41, 5.74) is 0.827. The first-order valence-corrected chi connectivity index (χ1v) is 10.8.